The first kappa shape index (κ1) is 29.4. The summed E-state index contributed by atoms with van der Waals surface area (Å²) in [6.07, 6.45) is -0.853. The monoisotopic (exact) mass is 611 g/mol. The van der Waals surface area contributed by atoms with Gasteiger partial charge in [0.05, 0.1) is 22.0 Å². The summed E-state index contributed by atoms with van der Waals surface area (Å²) in [6, 6.07) is 21.7. The van der Waals surface area contributed by atoms with Crippen molar-refractivity contribution in [3.8, 4) is 16.9 Å². The number of aryl methyl sites for hydroxylation is 1. The maximum absolute atomic E-state index is 14.6. The third-order valence-corrected chi connectivity index (χ3v) is 10.4. The molecule has 11 heteroatoms. The molecule has 1 atom stereocenters. The fourth-order valence-electron chi connectivity index (χ4n) is 4.80. The number of hydrogen-bond donors (Lipinski definition) is 0. The number of ketones is 1. The van der Waals surface area contributed by atoms with Crippen molar-refractivity contribution in [2.75, 3.05) is 16.6 Å². The molecule has 0 aliphatic carbocycles. The summed E-state index contributed by atoms with van der Waals surface area (Å²) >= 11 is 0. The van der Waals surface area contributed by atoms with E-state index in [1.54, 1.807) is 37.3 Å². The second-order valence-electron chi connectivity index (χ2n) is 10.0. The van der Waals surface area contributed by atoms with E-state index in [9.17, 15) is 30.4 Å². The molecule has 0 spiro atoms. The van der Waals surface area contributed by atoms with E-state index in [1.165, 1.54) is 48.5 Å². The fourth-order valence-corrected chi connectivity index (χ4v) is 7.71. The van der Waals surface area contributed by atoms with Crippen LogP contribution in [0.5, 0.6) is 5.75 Å². The van der Waals surface area contributed by atoms with Gasteiger partial charge in [0.25, 0.3) is 10.0 Å². The number of anilines is 1. The van der Waals surface area contributed by atoms with Crippen LogP contribution in [0.25, 0.3) is 11.1 Å². The Morgan fingerprint density at radius 2 is 1.62 bits per heavy atom. The van der Waals surface area contributed by atoms with E-state index >= 15 is 0 Å². The minimum absolute atomic E-state index is 0.0393. The Hall–Kier alpha value is -4.09. The van der Waals surface area contributed by atoms with Crippen LogP contribution < -0.4 is 9.04 Å². The van der Waals surface area contributed by atoms with Gasteiger partial charge in [-0.15, -0.1) is 0 Å². The third kappa shape index (κ3) is 6.22. The van der Waals surface area contributed by atoms with Crippen LogP contribution in [0.3, 0.4) is 0 Å². The molecule has 1 aliphatic rings. The highest BCUT2D eigenvalue weighted by Crippen LogP contribution is 2.41. The number of sulfone groups is 1. The van der Waals surface area contributed by atoms with Gasteiger partial charge in [-0.25, -0.2) is 25.6 Å². The Balaban J connectivity index is 1.44. The number of hydrogen-bond acceptors (Lipinski definition) is 6. The summed E-state index contributed by atoms with van der Waals surface area (Å²) in [6.45, 7) is 1.59. The van der Waals surface area contributed by atoms with Crippen LogP contribution >= 0.6 is 0 Å². The number of rotatable bonds is 9. The lowest BCUT2D eigenvalue weighted by Crippen LogP contribution is -2.43. The zero-order valence-corrected chi connectivity index (χ0v) is 24.2. The van der Waals surface area contributed by atoms with E-state index in [0.29, 0.717) is 5.56 Å². The second-order valence-corrected chi connectivity index (χ2v) is 13.9. The van der Waals surface area contributed by atoms with Crippen molar-refractivity contribution in [2.24, 2.45) is 0 Å². The van der Waals surface area contributed by atoms with Gasteiger partial charge in [-0.2, -0.15) is 0 Å². The Kier molecular flexibility index (Phi) is 8.16. The molecule has 4 aromatic rings. The largest absolute Gasteiger partial charge is 0.486 e. The molecule has 5 rings (SSSR count). The van der Waals surface area contributed by atoms with E-state index in [2.05, 4.69) is 0 Å². The molecule has 0 N–H and O–H groups in total. The van der Waals surface area contributed by atoms with Crippen LogP contribution in [0.15, 0.2) is 101 Å². The molecule has 0 saturated carbocycles. The van der Waals surface area contributed by atoms with Gasteiger partial charge in [0.2, 0.25) is 0 Å². The number of Topliss-reactive ketones (excluding diaryl/α,β-unsaturated/α-hetero) is 1. The van der Waals surface area contributed by atoms with Crippen LogP contribution in [0.4, 0.5) is 14.5 Å². The van der Waals surface area contributed by atoms with Crippen LogP contribution in [0, 0.1) is 18.6 Å². The summed E-state index contributed by atoms with van der Waals surface area (Å²) < 4.78 is 88.4. The van der Waals surface area contributed by atoms with Crippen LogP contribution in [0.1, 0.15) is 18.4 Å². The lowest BCUT2D eigenvalue weighted by molar-refractivity contribution is -0.117. The Bertz CT molecular complexity index is 1860. The number of sulfonamides is 1. The second kappa shape index (κ2) is 11.7. The van der Waals surface area contributed by atoms with Crippen molar-refractivity contribution in [1.29, 1.82) is 0 Å². The number of fused-ring (bicyclic) bond motifs is 1. The third-order valence-electron chi connectivity index (χ3n) is 6.91. The number of ether oxygens (including phenoxy) is 1. The highest BCUT2D eigenvalue weighted by molar-refractivity contribution is 7.93. The molecule has 42 heavy (non-hydrogen) atoms. The van der Waals surface area contributed by atoms with Crippen LogP contribution in [0.2, 0.25) is 0 Å². The first-order chi connectivity index (χ1) is 19.9. The molecule has 7 nitrogen and oxygen atoms in total. The number of carbonyl (C=O) groups excluding carboxylic acids is 1. The van der Waals surface area contributed by atoms with Crippen LogP contribution in [-0.4, -0.2) is 41.0 Å². The molecule has 1 heterocycles. The summed E-state index contributed by atoms with van der Waals surface area (Å²) in [4.78, 5) is 12.8. The summed E-state index contributed by atoms with van der Waals surface area (Å²) in [5, 5.41) is 0. The van der Waals surface area contributed by atoms with Crippen molar-refractivity contribution >= 4 is 31.3 Å². The number of carbonyl (C=O) groups is 1. The Labute approximate surface area is 243 Å². The summed E-state index contributed by atoms with van der Waals surface area (Å²) in [7, 11) is -7.95. The molecular weight excluding hydrogens is 584 g/mol. The molecule has 0 bridgehead atoms. The average Bonchev–Trinajstić information content (AvgIpc) is 2.95. The number of nitrogens with zero attached hydrogens (tertiary/aromatic N) is 1. The summed E-state index contributed by atoms with van der Waals surface area (Å²) in [5.74, 6) is -2.56. The van der Waals surface area contributed by atoms with Gasteiger partial charge in [-0.1, -0.05) is 36.4 Å². The highest BCUT2D eigenvalue weighted by Gasteiger charge is 2.35. The average molecular weight is 612 g/mol. The molecule has 0 amide bonds. The van der Waals surface area contributed by atoms with E-state index in [0.717, 1.165) is 22.0 Å². The van der Waals surface area contributed by atoms with Crippen molar-refractivity contribution in [3.05, 3.63) is 108 Å². The van der Waals surface area contributed by atoms with Gasteiger partial charge in [-0.05, 0) is 73.0 Å². The smallest absolute Gasteiger partial charge is 0.264 e. The lowest BCUT2D eigenvalue weighted by atomic mass is 10.0. The van der Waals surface area contributed by atoms with Crippen molar-refractivity contribution < 1.29 is 35.1 Å². The van der Waals surface area contributed by atoms with E-state index < -0.39 is 49.1 Å². The van der Waals surface area contributed by atoms with Crippen molar-refractivity contribution in [2.45, 2.75) is 35.7 Å². The maximum Gasteiger partial charge on any atom is 0.264 e. The fraction of sp³-hybridized carbons (Fsp3) is 0.194. The first-order valence-corrected chi connectivity index (χ1v) is 16.2. The predicted octanol–water partition coefficient (Wildman–Crippen LogP) is 5.72. The van der Waals surface area contributed by atoms with Gasteiger partial charge >= 0.3 is 0 Å². The highest BCUT2D eigenvalue weighted by atomic mass is 32.2. The van der Waals surface area contributed by atoms with Gasteiger partial charge in [0.15, 0.2) is 9.84 Å². The quantitative estimate of drug-likeness (QED) is 0.240. The summed E-state index contributed by atoms with van der Waals surface area (Å²) in [5.41, 5.74) is 1.29. The Morgan fingerprint density at radius 3 is 2.33 bits per heavy atom. The van der Waals surface area contributed by atoms with Gasteiger partial charge in [0.1, 0.15) is 35.0 Å². The number of halogens is 2. The molecule has 218 valence electrons. The molecule has 0 unspecified atom stereocenters. The minimum atomic E-state index is -4.13. The topological polar surface area (TPSA) is 97.8 Å². The van der Waals surface area contributed by atoms with E-state index in [4.69, 9.17) is 4.74 Å². The maximum atomic E-state index is 14.6. The normalized spacial score (nSPS) is 15.1. The zero-order chi connectivity index (χ0) is 30.1. The molecular formula is C31H27F2NO6S2. The molecule has 4 aromatic carbocycles. The van der Waals surface area contributed by atoms with Gasteiger partial charge in [0, 0.05) is 18.1 Å². The van der Waals surface area contributed by atoms with Crippen molar-refractivity contribution in [1.82, 2.24) is 0 Å². The van der Waals surface area contributed by atoms with E-state index in [1.807, 2.05) is 0 Å². The van der Waals surface area contributed by atoms with Crippen LogP contribution in [-0.2, 0) is 24.7 Å². The molecule has 0 aromatic heterocycles. The SMILES string of the molecule is Cc1cccc(S(=O)(=O)N2C[C@H](CCC(=O)CS(=O)(=O)c3ccccc3)Oc3ccc(-c4ccc(F)cc4F)cc32)c1. The standard InChI is InChI=1S/C31H27F2NO6S2/c1-21-6-5-9-27(16-21)42(38,39)34-19-25(13-12-24(35)20-41(36,37)26-7-3-2-4-8-26)40-31-15-10-22(17-30(31)34)28-14-11-23(32)18-29(28)33/h2-11,14-18,25H,12-13,19-20H2,1H3/t25-/m0/s1. The predicted molar refractivity (Wildman–Crippen MR) is 155 cm³/mol. The lowest BCUT2D eigenvalue weighted by Gasteiger charge is -2.36. The first-order valence-electron chi connectivity index (χ1n) is 13.1. The minimum Gasteiger partial charge on any atom is -0.486 e. The molecule has 1 aliphatic heterocycles. The zero-order valence-electron chi connectivity index (χ0n) is 22.5. The van der Waals surface area contributed by atoms with Gasteiger partial charge in [-0.3, -0.25) is 9.10 Å². The van der Waals surface area contributed by atoms with Crippen molar-refractivity contribution in [3.63, 3.8) is 0 Å². The Morgan fingerprint density at radius 1 is 0.881 bits per heavy atom. The number of benzene rings is 4. The van der Waals surface area contributed by atoms with Gasteiger partial charge < -0.3 is 4.74 Å². The molecule has 0 radical (unpaired) electrons. The molecule has 0 fully saturated rings. The molecule has 0 saturated heterocycles. The van der Waals surface area contributed by atoms with E-state index in [-0.39, 0.29) is 46.2 Å².